The molecule has 0 aromatic heterocycles. The van der Waals surface area contributed by atoms with E-state index in [0.29, 0.717) is 18.4 Å². The van der Waals surface area contributed by atoms with Crippen LogP contribution in [0.4, 0.5) is 13.2 Å². The minimum absolute atomic E-state index is 0.323. The summed E-state index contributed by atoms with van der Waals surface area (Å²) >= 11 is 0. The lowest BCUT2D eigenvalue weighted by Crippen LogP contribution is -2.48. The fourth-order valence-electron chi connectivity index (χ4n) is 1.32. The minimum Gasteiger partial charge on any atom is -0.316 e. The minimum atomic E-state index is -4.09. The molecule has 0 spiro atoms. The highest BCUT2D eigenvalue weighted by molar-refractivity contribution is 4.80. The lowest BCUT2D eigenvalue weighted by Gasteiger charge is -2.32. The Hall–Kier alpha value is -0.290. The highest BCUT2D eigenvalue weighted by atomic mass is 19.4. The van der Waals surface area contributed by atoms with Crippen molar-refractivity contribution >= 4 is 0 Å². The highest BCUT2D eigenvalue weighted by Crippen LogP contribution is 2.16. The van der Waals surface area contributed by atoms with Crippen LogP contribution in [0.25, 0.3) is 0 Å². The average molecular weight is 196 g/mol. The molecule has 78 valence electrons. The molecule has 2 N–H and O–H groups in total. The molecule has 0 aromatic carbocycles. The third kappa shape index (κ3) is 3.95. The van der Waals surface area contributed by atoms with Gasteiger partial charge in [0.25, 0.3) is 0 Å². The molecule has 1 heterocycles. The number of nitrogens with one attached hydrogen (secondary N) is 2. The predicted molar refractivity (Wildman–Crippen MR) is 44.4 cm³/mol. The summed E-state index contributed by atoms with van der Waals surface area (Å²) in [5.41, 5.74) is 0. The fourth-order valence-corrected chi connectivity index (χ4v) is 1.32. The van der Waals surface area contributed by atoms with Crippen molar-refractivity contribution in [2.24, 2.45) is 11.8 Å². The zero-order valence-corrected chi connectivity index (χ0v) is 7.62. The van der Waals surface area contributed by atoms with Crippen LogP contribution in [0.15, 0.2) is 0 Å². The molecule has 0 aliphatic carbocycles. The van der Waals surface area contributed by atoms with Gasteiger partial charge in [0.2, 0.25) is 0 Å². The smallest absolute Gasteiger partial charge is 0.316 e. The van der Waals surface area contributed by atoms with E-state index in [2.05, 4.69) is 10.6 Å². The van der Waals surface area contributed by atoms with Gasteiger partial charge in [-0.05, 0) is 31.5 Å². The number of hydrogen-bond donors (Lipinski definition) is 2. The zero-order valence-electron chi connectivity index (χ0n) is 7.62. The van der Waals surface area contributed by atoms with Crippen LogP contribution >= 0.6 is 0 Å². The van der Waals surface area contributed by atoms with E-state index in [0.717, 1.165) is 13.1 Å². The third-order valence-electron chi connectivity index (χ3n) is 2.41. The van der Waals surface area contributed by atoms with E-state index < -0.39 is 12.7 Å². The van der Waals surface area contributed by atoms with Crippen LogP contribution in [0.1, 0.15) is 6.92 Å². The van der Waals surface area contributed by atoms with Crippen LogP contribution in [0.2, 0.25) is 0 Å². The molecule has 0 radical (unpaired) electrons. The Morgan fingerprint density at radius 1 is 1.46 bits per heavy atom. The summed E-state index contributed by atoms with van der Waals surface area (Å²) in [5.74, 6) is 0.865. The Labute approximate surface area is 75.9 Å². The molecule has 1 fully saturated rings. The third-order valence-corrected chi connectivity index (χ3v) is 2.41. The molecular weight excluding hydrogens is 181 g/mol. The van der Waals surface area contributed by atoms with Gasteiger partial charge >= 0.3 is 6.18 Å². The summed E-state index contributed by atoms with van der Waals surface area (Å²) < 4.78 is 35.2. The summed E-state index contributed by atoms with van der Waals surface area (Å²) in [4.78, 5) is 0. The van der Waals surface area contributed by atoms with Gasteiger partial charge in [-0.1, -0.05) is 6.92 Å². The highest BCUT2D eigenvalue weighted by Gasteiger charge is 2.28. The predicted octanol–water partition coefficient (Wildman–Crippen LogP) is 0.994. The van der Waals surface area contributed by atoms with Crippen LogP contribution < -0.4 is 10.6 Å². The van der Waals surface area contributed by atoms with Crippen LogP contribution in [-0.2, 0) is 0 Å². The molecular formula is C8H15F3N2. The number of halogens is 3. The first-order valence-electron chi connectivity index (χ1n) is 4.47. The standard InChI is InChI=1S/C8H15F3N2/c1-6(7-3-12-4-7)2-13-5-8(9,10)11/h6-7,12-13H,2-5H2,1H3. The van der Waals surface area contributed by atoms with Crippen molar-refractivity contribution in [2.45, 2.75) is 13.1 Å². The lowest BCUT2D eigenvalue weighted by molar-refractivity contribution is -0.125. The fraction of sp³-hybridized carbons (Fsp3) is 1.00. The van der Waals surface area contributed by atoms with E-state index in [1.165, 1.54) is 0 Å². The normalized spacial score (nSPS) is 21.2. The lowest BCUT2D eigenvalue weighted by atomic mass is 9.89. The molecule has 1 rings (SSSR count). The molecule has 1 saturated heterocycles. The molecule has 1 unspecified atom stereocenters. The summed E-state index contributed by atoms with van der Waals surface area (Å²) in [6.45, 7) is 3.43. The van der Waals surface area contributed by atoms with E-state index in [1.807, 2.05) is 6.92 Å². The second-order valence-corrected chi connectivity index (χ2v) is 3.64. The monoisotopic (exact) mass is 196 g/mol. The maximum absolute atomic E-state index is 11.7. The van der Waals surface area contributed by atoms with E-state index in [-0.39, 0.29) is 0 Å². The van der Waals surface area contributed by atoms with E-state index >= 15 is 0 Å². The number of rotatable bonds is 4. The Kier molecular flexibility index (Phi) is 3.55. The van der Waals surface area contributed by atoms with Crippen molar-refractivity contribution in [3.63, 3.8) is 0 Å². The molecule has 1 aliphatic rings. The summed E-state index contributed by atoms with van der Waals surface area (Å²) in [6, 6.07) is 0. The topological polar surface area (TPSA) is 24.1 Å². The van der Waals surface area contributed by atoms with Gasteiger partial charge in [-0.15, -0.1) is 0 Å². The van der Waals surface area contributed by atoms with Crippen molar-refractivity contribution in [3.8, 4) is 0 Å². The Morgan fingerprint density at radius 2 is 2.08 bits per heavy atom. The van der Waals surface area contributed by atoms with E-state index in [9.17, 15) is 13.2 Å². The van der Waals surface area contributed by atoms with Gasteiger partial charge in [0.15, 0.2) is 0 Å². The van der Waals surface area contributed by atoms with Crippen molar-refractivity contribution in [3.05, 3.63) is 0 Å². The van der Waals surface area contributed by atoms with Gasteiger partial charge in [0, 0.05) is 0 Å². The molecule has 0 saturated carbocycles. The number of hydrogen-bond acceptors (Lipinski definition) is 2. The molecule has 0 amide bonds. The summed E-state index contributed by atoms with van der Waals surface area (Å²) in [7, 11) is 0. The second kappa shape index (κ2) is 4.28. The molecule has 0 bridgehead atoms. The maximum Gasteiger partial charge on any atom is 0.401 e. The zero-order chi connectivity index (χ0) is 9.90. The van der Waals surface area contributed by atoms with Gasteiger partial charge in [-0.2, -0.15) is 13.2 Å². The van der Waals surface area contributed by atoms with Gasteiger partial charge in [0.05, 0.1) is 6.54 Å². The molecule has 2 nitrogen and oxygen atoms in total. The SMILES string of the molecule is CC(CNCC(F)(F)F)C1CNC1. The first-order valence-corrected chi connectivity index (χ1v) is 4.47. The van der Waals surface area contributed by atoms with Crippen LogP contribution in [0.5, 0.6) is 0 Å². The van der Waals surface area contributed by atoms with Gasteiger partial charge in [-0.3, -0.25) is 0 Å². The van der Waals surface area contributed by atoms with Crippen molar-refractivity contribution < 1.29 is 13.2 Å². The van der Waals surface area contributed by atoms with E-state index in [1.54, 1.807) is 0 Å². The molecule has 1 atom stereocenters. The van der Waals surface area contributed by atoms with Crippen LogP contribution in [-0.4, -0.2) is 32.4 Å². The van der Waals surface area contributed by atoms with Crippen LogP contribution in [0.3, 0.4) is 0 Å². The summed E-state index contributed by atoms with van der Waals surface area (Å²) in [5, 5.41) is 5.52. The van der Waals surface area contributed by atoms with Gasteiger partial charge in [0.1, 0.15) is 0 Å². The summed E-state index contributed by atoms with van der Waals surface area (Å²) in [6.07, 6.45) is -4.09. The molecule has 0 aromatic rings. The largest absolute Gasteiger partial charge is 0.401 e. The Bertz CT molecular complexity index is 154. The molecule has 1 aliphatic heterocycles. The average Bonchev–Trinajstić information content (AvgIpc) is 1.79. The van der Waals surface area contributed by atoms with E-state index in [4.69, 9.17) is 0 Å². The maximum atomic E-state index is 11.7. The Balaban J connectivity index is 2.04. The van der Waals surface area contributed by atoms with Gasteiger partial charge in [-0.25, -0.2) is 0 Å². The quantitative estimate of drug-likeness (QED) is 0.700. The van der Waals surface area contributed by atoms with Crippen molar-refractivity contribution in [1.82, 2.24) is 10.6 Å². The van der Waals surface area contributed by atoms with Crippen molar-refractivity contribution in [2.75, 3.05) is 26.2 Å². The Morgan fingerprint density at radius 3 is 2.46 bits per heavy atom. The first kappa shape index (κ1) is 10.8. The van der Waals surface area contributed by atoms with Crippen molar-refractivity contribution in [1.29, 1.82) is 0 Å². The number of alkyl halides is 3. The van der Waals surface area contributed by atoms with Gasteiger partial charge < -0.3 is 10.6 Å². The van der Waals surface area contributed by atoms with Crippen LogP contribution in [0, 0.1) is 11.8 Å². The first-order chi connectivity index (χ1) is 5.99. The molecule has 5 heteroatoms. The second-order valence-electron chi connectivity index (χ2n) is 3.64. The molecule has 13 heavy (non-hydrogen) atoms.